The zero-order valence-corrected chi connectivity index (χ0v) is 11.2. The third-order valence-electron chi connectivity index (χ3n) is 2.94. The molecule has 1 aromatic heterocycles. The molecule has 0 saturated heterocycles. The molecule has 1 aliphatic carbocycles. The largest absolute Gasteiger partial charge is 0.427 e. The van der Waals surface area contributed by atoms with Crippen molar-refractivity contribution in [3.8, 4) is 0 Å². The van der Waals surface area contributed by atoms with Crippen LogP contribution in [0, 0.1) is 12.3 Å². The van der Waals surface area contributed by atoms with E-state index < -0.39 is 0 Å². The summed E-state index contributed by atoms with van der Waals surface area (Å²) < 4.78 is 0.904. The van der Waals surface area contributed by atoms with Gasteiger partial charge in [0.1, 0.15) is 5.71 Å². The molecule has 98 valence electrons. The molecule has 1 aliphatic rings. The molecule has 1 aromatic rings. The topological polar surface area (TPSA) is 73.7 Å². The lowest BCUT2D eigenvalue weighted by atomic mass is 9.98. The van der Waals surface area contributed by atoms with Crippen LogP contribution in [0.5, 0.6) is 0 Å². The van der Waals surface area contributed by atoms with Crippen LogP contribution in [0.15, 0.2) is 51.8 Å². The van der Waals surface area contributed by atoms with Crippen molar-refractivity contribution in [1.29, 1.82) is 5.41 Å². The number of aromatic nitrogens is 1. The van der Waals surface area contributed by atoms with Gasteiger partial charge in [-0.25, -0.2) is 0 Å². The maximum Gasteiger partial charge on any atom is 0.190 e. The van der Waals surface area contributed by atoms with Crippen LogP contribution in [0.4, 0.5) is 0 Å². The van der Waals surface area contributed by atoms with Gasteiger partial charge in [0.25, 0.3) is 0 Å². The Hall–Kier alpha value is -2.43. The monoisotopic (exact) mass is 256 g/mol. The Kier molecular flexibility index (Phi) is 3.46. The first kappa shape index (κ1) is 13.0. The minimum absolute atomic E-state index is 0.323. The highest BCUT2D eigenvalue weighted by Gasteiger charge is 2.10. The molecule has 5 nitrogen and oxygen atoms in total. The summed E-state index contributed by atoms with van der Waals surface area (Å²) in [6.45, 7) is 5.83. The first-order valence-electron chi connectivity index (χ1n) is 5.93. The van der Waals surface area contributed by atoms with E-state index in [0.717, 1.165) is 21.4 Å². The summed E-state index contributed by atoms with van der Waals surface area (Å²) in [4.78, 5) is 0. The average molecular weight is 256 g/mol. The van der Waals surface area contributed by atoms with Gasteiger partial charge in [-0.05, 0) is 61.8 Å². The van der Waals surface area contributed by atoms with Crippen LogP contribution in [0.2, 0.25) is 0 Å². The number of nitrogens with zero attached hydrogens (tertiary/aromatic N) is 3. The summed E-state index contributed by atoms with van der Waals surface area (Å²) in [5, 5.41) is 25.5. The van der Waals surface area contributed by atoms with Crippen LogP contribution in [-0.2, 0) is 0 Å². The molecular weight excluding hydrogens is 240 g/mol. The lowest BCUT2D eigenvalue weighted by molar-refractivity contribution is 0.171. The fourth-order valence-corrected chi connectivity index (χ4v) is 1.65. The Morgan fingerprint density at radius 2 is 1.79 bits per heavy atom. The van der Waals surface area contributed by atoms with Gasteiger partial charge in [-0.2, -0.15) is 4.73 Å². The van der Waals surface area contributed by atoms with Gasteiger partial charge in [-0.3, -0.25) is 5.41 Å². The maximum absolute atomic E-state index is 9.60. The Balaban J connectivity index is 2.43. The molecule has 0 unspecified atom stereocenters. The van der Waals surface area contributed by atoms with E-state index in [1.807, 2.05) is 26.8 Å². The highest BCUT2D eigenvalue weighted by molar-refractivity contribution is 6.50. The van der Waals surface area contributed by atoms with E-state index in [-0.39, 0.29) is 0 Å². The van der Waals surface area contributed by atoms with E-state index in [9.17, 15) is 5.21 Å². The molecule has 0 radical (unpaired) electrons. The van der Waals surface area contributed by atoms with Gasteiger partial charge >= 0.3 is 0 Å². The molecule has 0 fully saturated rings. The second-order valence-electron chi connectivity index (χ2n) is 4.56. The van der Waals surface area contributed by atoms with Gasteiger partial charge < -0.3 is 5.21 Å². The summed E-state index contributed by atoms with van der Waals surface area (Å²) in [7, 11) is 0. The van der Waals surface area contributed by atoms with E-state index in [1.165, 1.54) is 6.20 Å². The lowest BCUT2D eigenvalue weighted by Crippen LogP contribution is -2.19. The zero-order chi connectivity index (χ0) is 14.0. The van der Waals surface area contributed by atoms with Crippen molar-refractivity contribution in [2.45, 2.75) is 20.8 Å². The van der Waals surface area contributed by atoms with E-state index in [0.29, 0.717) is 16.9 Å². The van der Waals surface area contributed by atoms with Crippen LogP contribution in [0.25, 0.3) is 0 Å². The summed E-state index contributed by atoms with van der Waals surface area (Å²) in [6, 6.07) is 3.49. The average Bonchev–Trinajstić information content (AvgIpc) is 2.36. The molecule has 0 spiro atoms. The molecule has 2 rings (SSSR count). The molecule has 1 heterocycles. The molecule has 0 aliphatic heterocycles. The molecular formula is C14H16N4O. The Morgan fingerprint density at radius 3 is 2.53 bits per heavy atom. The first-order chi connectivity index (χ1) is 8.97. The standard InChI is InChI=1S/C14H16N4O/c1-9-4-5-18(19)14(6-9)17-16-13-8-11(3)10(2)7-12(13)15/h4-8,15,19H,1-3H3/b15-12?,16-13?,17-14+. The smallest absolute Gasteiger partial charge is 0.190 e. The molecule has 2 N–H and O–H groups in total. The molecule has 5 heteroatoms. The minimum atomic E-state index is 0.323. The molecule has 19 heavy (non-hydrogen) atoms. The second kappa shape index (κ2) is 5.06. The van der Waals surface area contributed by atoms with Gasteiger partial charge in [0, 0.05) is 6.20 Å². The van der Waals surface area contributed by atoms with Crippen LogP contribution < -0.4 is 5.49 Å². The zero-order valence-electron chi connectivity index (χ0n) is 11.2. The predicted octanol–water partition coefficient (Wildman–Crippen LogP) is 2.22. The molecule has 0 bridgehead atoms. The molecule has 0 atom stereocenters. The van der Waals surface area contributed by atoms with Crippen LogP contribution in [-0.4, -0.2) is 21.4 Å². The molecule has 0 saturated carbocycles. The summed E-state index contributed by atoms with van der Waals surface area (Å²) in [6.07, 6.45) is 5.08. The van der Waals surface area contributed by atoms with Crippen molar-refractivity contribution in [2.75, 3.05) is 0 Å². The molecule has 0 amide bonds. The highest BCUT2D eigenvalue weighted by Crippen LogP contribution is 2.14. The fraction of sp³-hybridized carbons (Fsp3) is 0.214. The normalized spacial score (nSPS) is 18.6. The van der Waals surface area contributed by atoms with Gasteiger partial charge in [-0.15, -0.1) is 10.2 Å². The lowest BCUT2D eigenvalue weighted by Gasteiger charge is -2.09. The molecule has 0 aromatic carbocycles. The number of allylic oxidation sites excluding steroid dienone is 4. The van der Waals surface area contributed by atoms with Crippen LogP contribution in [0.3, 0.4) is 0 Å². The summed E-state index contributed by atoms with van der Waals surface area (Å²) in [5.74, 6) is 0. The number of nitrogens with one attached hydrogen (secondary N) is 1. The van der Waals surface area contributed by atoms with Crippen molar-refractivity contribution >= 4 is 11.4 Å². The number of rotatable bonds is 1. The van der Waals surface area contributed by atoms with Crippen molar-refractivity contribution in [2.24, 2.45) is 10.2 Å². The number of hydrogen-bond acceptors (Lipinski definition) is 4. The van der Waals surface area contributed by atoms with E-state index in [2.05, 4.69) is 10.2 Å². The first-order valence-corrected chi connectivity index (χ1v) is 5.93. The van der Waals surface area contributed by atoms with E-state index >= 15 is 0 Å². The highest BCUT2D eigenvalue weighted by atomic mass is 16.5. The van der Waals surface area contributed by atoms with Gasteiger partial charge in [-0.1, -0.05) is 0 Å². The van der Waals surface area contributed by atoms with Gasteiger partial charge in [0.2, 0.25) is 0 Å². The number of aryl methyl sites for hydroxylation is 1. The van der Waals surface area contributed by atoms with Crippen LogP contribution >= 0.6 is 0 Å². The third-order valence-corrected chi connectivity index (χ3v) is 2.94. The quantitative estimate of drug-likeness (QED) is 0.451. The number of pyridine rings is 1. The van der Waals surface area contributed by atoms with Crippen molar-refractivity contribution < 1.29 is 5.21 Å². The predicted molar refractivity (Wildman–Crippen MR) is 74.6 cm³/mol. The Bertz CT molecular complexity index is 690. The van der Waals surface area contributed by atoms with Gasteiger partial charge in [0.05, 0.1) is 5.71 Å². The van der Waals surface area contributed by atoms with E-state index in [4.69, 9.17) is 5.41 Å². The van der Waals surface area contributed by atoms with Crippen molar-refractivity contribution in [1.82, 2.24) is 4.73 Å². The SMILES string of the molecule is CC1=CC(=N)C(=N/N=c2\cc(C)ccn2O)C=C1C. The third kappa shape index (κ3) is 2.88. The second-order valence-corrected chi connectivity index (χ2v) is 4.56. The van der Waals surface area contributed by atoms with Crippen LogP contribution in [0.1, 0.15) is 19.4 Å². The minimum Gasteiger partial charge on any atom is -0.427 e. The van der Waals surface area contributed by atoms with Gasteiger partial charge in [0.15, 0.2) is 5.49 Å². The Morgan fingerprint density at radius 1 is 1.11 bits per heavy atom. The number of hydrogen-bond donors (Lipinski definition) is 2. The maximum atomic E-state index is 9.60. The summed E-state index contributed by atoms with van der Waals surface area (Å²) in [5.41, 5.74) is 4.24. The fourth-order valence-electron chi connectivity index (χ4n) is 1.65. The van der Waals surface area contributed by atoms with Crippen molar-refractivity contribution in [3.63, 3.8) is 0 Å². The summed E-state index contributed by atoms with van der Waals surface area (Å²) >= 11 is 0. The van der Waals surface area contributed by atoms with E-state index in [1.54, 1.807) is 18.2 Å². The van der Waals surface area contributed by atoms with Crippen molar-refractivity contribution in [3.05, 3.63) is 52.7 Å². The Labute approximate surface area is 111 Å².